The summed E-state index contributed by atoms with van der Waals surface area (Å²) in [7, 11) is 1.39. The van der Waals surface area contributed by atoms with Crippen molar-refractivity contribution in [3.8, 4) is 5.75 Å². The van der Waals surface area contributed by atoms with E-state index in [1.54, 1.807) is 0 Å². The van der Waals surface area contributed by atoms with E-state index in [1.807, 2.05) is 0 Å². The second kappa shape index (κ2) is 5.44. The summed E-state index contributed by atoms with van der Waals surface area (Å²) in [6.07, 6.45) is 1.99. The molecule has 0 heterocycles. The van der Waals surface area contributed by atoms with Crippen LogP contribution in [0, 0.1) is 10.1 Å². The second-order valence-corrected chi connectivity index (χ2v) is 3.83. The highest BCUT2D eigenvalue weighted by atomic mass is 79.9. The van der Waals surface area contributed by atoms with Crippen LogP contribution in [-0.2, 0) is 4.79 Å². The maximum Gasteiger partial charge on any atom is 0.328 e. The van der Waals surface area contributed by atoms with Crippen LogP contribution in [0.4, 0.5) is 5.69 Å². The molecular formula is C10H8BrNO5. The molecule has 0 spiro atoms. The van der Waals surface area contributed by atoms with E-state index in [-0.39, 0.29) is 11.3 Å². The van der Waals surface area contributed by atoms with Crippen LogP contribution in [0.25, 0.3) is 6.08 Å². The van der Waals surface area contributed by atoms with E-state index in [1.165, 1.54) is 19.2 Å². The van der Waals surface area contributed by atoms with Crippen molar-refractivity contribution in [1.82, 2.24) is 0 Å². The maximum absolute atomic E-state index is 10.8. The molecule has 0 bridgehead atoms. The van der Waals surface area contributed by atoms with Gasteiger partial charge in [0.15, 0.2) is 0 Å². The molecule has 7 heteroatoms. The summed E-state index contributed by atoms with van der Waals surface area (Å²) in [6, 6.07) is 2.75. The smallest absolute Gasteiger partial charge is 0.328 e. The first-order valence-electron chi connectivity index (χ1n) is 4.38. The summed E-state index contributed by atoms with van der Waals surface area (Å²) >= 11 is 3.13. The van der Waals surface area contributed by atoms with Crippen molar-refractivity contribution >= 4 is 33.7 Å². The minimum Gasteiger partial charge on any atom is -0.496 e. The number of benzene rings is 1. The highest BCUT2D eigenvalue weighted by Crippen LogP contribution is 2.33. The molecule has 0 amide bonds. The van der Waals surface area contributed by atoms with E-state index in [0.717, 1.165) is 12.2 Å². The third-order valence-electron chi connectivity index (χ3n) is 1.91. The van der Waals surface area contributed by atoms with Gasteiger partial charge in [0.25, 0.3) is 5.69 Å². The highest BCUT2D eigenvalue weighted by Gasteiger charge is 2.17. The molecule has 6 nitrogen and oxygen atoms in total. The number of carboxylic acids is 1. The molecule has 0 saturated heterocycles. The van der Waals surface area contributed by atoms with E-state index in [4.69, 9.17) is 9.84 Å². The Morgan fingerprint density at radius 2 is 2.24 bits per heavy atom. The van der Waals surface area contributed by atoms with Crippen molar-refractivity contribution in [1.29, 1.82) is 0 Å². The molecule has 0 aromatic heterocycles. The van der Waals surface area contributed by atoms with Crippen LogP contribution in [0.3, 0.4) is 0 Å². The second-order valence-electron chi connectivity index (χ2n) is 2.97. The number of aliphatic carboxylic acids is 1. The van der Waals surface area contributed by atoms with Crippen molar-refractivity contribution in [2.24, 2.45) is 0 Å². The molecule has 0 radical (unpaired) electrons. The standard InChI is InChI=1S/C10H8BrNO5/c1-17-6-4-8(11)7(2-3-10(13)14)9(5-6)12(15)16/h2-5H,1H3,(H,13,14)/b3-2+. The van der Waals surface area contributed by atoms with Crippen molar-refractivity contribution in [3.63, 3.8) is 0 Å². The van der Waals surface area contributed by atoms with E-state index in [9.17, 15) is 14.9 Å². The first-order valence-corrected chi connectivity index (χ1v) is 5.18. The molecule has 17 heavy (non-hydrogen) atoms. The minimum absolute atomic E-state index is 0.179. The van der Waals surface area contributed by atoms with Gasteiger partial charge >= 0.3 is 5.97 Å². The number of halogens is 1. The van der Waals surface area contributed by atoms with E-state index in [0.29, 0.717) is 10.2 Å². The van der Waals surface area contributed by atoms with Crippen molar-refractivity contribution < 1.29 is 19.6 Å². The van der Waals surface area contributed by atoms with Gasteiger partial charge in [-0.15, -0.1) is 0 Å². The number of carbonyl (C=O) groups is 1. The molecule has 90 valence electrons. The van der Waals surface area contributed by atoms with Crippen molar-refractivity contribution in [2.45, 2.75) is 0 Å². The number of carboxylic acid groups (broad SMARTS) is 1. The molecule has 0 aliphatic heterocycles. The highest BCUT2D eigenvalue weighted by molar-refractivity contribution is 9.10. The molecule has 0 fully saturated rings. The van der Waals surface area contributed by atoms with Gasteiger partial charge in [-0.25, -0.2) is 4.79 Å². The first kappa shape index (κ1) is 13.2. The number of hydrogen-bond donors (Lipinski definition) is 1. The fraction of sp³-hybridized carbons (Fsp3) is 0.100. The maximum atomic E-state index is 10.8. The molecule has 1 rings (SSSR count). The number of rotatable bonds is 4. The van der Waals surface area contributed by atoms with Gasteiger partial charge in [0, 0.05) is 10.5 Å². The van der Waals surface area contributed by atoms with Crippen LogP contribution in [0.15, 0.2) is 22.7 Å². The summed E-state index contributed by atoms with van der Waals surface area (Å²) in [5.74, 6) is -0.863. The fourth-order valence-corrected chi connectivity index (χ4v) is 1.73. The van der Waals surface area contributed by atoms with Crippen molar-refractivity contribution in [3.05, 3.63) is 38.4 Å². The predicted molar refractivity (Wildman–Crippen MR) is 64.0 cm³/mol. The number of ether oxygens (including phenoxy) is 1. The quantitative estimate of drug-likeness (QED) is 0.524. The molecule has 0 aliphatic rings. The number of methoxy groups -OCH3 is 1. The predicted octanol–water partition coefficient (Wildman–Crippen LogP) is 2.46. The molecule has 0 unspecified atom stereocenters. The van der Waals surface area contributed by atoms with E-state index in [2.05, 4.69) is 15.9 Å². The number of hydrogen-bond acceptors (Lipinski definition) is 4. The molecule has 0 saturated carbocycles. The Labute approximate surface area is 105 Å². The van der Waals surface area contributed by atoms with Gasteiger partial charge in [0.05, 0.1) is 23.7 Å². The number of nitro groups is 1. The molecule has 0 aliphatic carbocycles. The third kappa shape index (κ3) is 3.28. The Kier molecular flexibility index (Phi) is 4.22. The molecule has 0 atom stereocenters. The molecule has 1 aromatic rings. The van der Waals surface area contributed by atoms with E-state index < -0.39 is 10.9 Å². The van der Waals surface area contributed by atoms with Crippen LogP contribution in [0.2, 0.25) is 0 Å². The van der Waals surface area contributed by atoms with Crippen LogP contribution >= 0.6 is 15.9 Å². The summed E-state index contributed by atoms with van der Waals surface area (Å²) in [5, 5.41) is 19.3. The van der Waals surface area contributed by atoms with Crippen LogP contribution in [0.5, 0.6) is 5.75 Å². The largest absolute Gasteiger partial charge is 0.496 e. The topological polar surface area (TPSA) is 89.7 Å². The zero-order valence-electron chi connectivity index (χ0n) is 8.71. The summed E-state index contributed by atoms with van der Waals surface area (Å²) in [4.78, 5) is 20.6. The normalized spacial score (nSPS) is 10.5. The minimum atomic E-state index is -1.18. The number of nitro benzene ring substituents is 1. The zero-order valence-corrected chi connectivity index (χ0v) is 10.3. The zero-order chi connectivity index (χ0) is 13.0. The monoisotopic (exact) mass is 301 g/mol. The average molecular weight is 302 g/mol. The van der Waals surface area contributed by atoms with Crippen LogP contribution < -0.4 is 4.74 Å². The van der Waals surface area contributed by atoms with Gasteiger partial charge in [0.1, 0.15) is 5.75 Å². The van der Waals surface area contributed by atoms with Crippen LogP contribution in [0.1, 0.15) is 5.56 Å². The Balaban J connectivity index is 3.36. The molecular weight excluding hydrogens is 294 g/mol. The summed E-state index contributed by atoms with van der Waals surface area (Å²) in [6.45, 7) is 0. The third-order valence-corrected chi connectivity index (χ3v) is 2.56. The number of nitrogens with zero attached hydrogens (tertiary/aromatic N) is 1. The van der Waals surface area contributed by atoms with Gasteiger partial charge in [-0.05, 0) is 28.1 Å². The molecule has 1 aromatic carbocycles. The van der Waals surface area contributed by atoms with Crippen LogP contribution in [-0.4, -0.2) is 23.1 Å². The Bertz CT molecular complexity index is 498. The fourth-order valence-electron chi connectivity index (χ4n) is 1.17. The summed E-state index contributed by atoms with van der Waals surface area (Å²) in [5.41, 5.74) is -0.0491. The van der Waals surface area contributed by atoms with Gasteiger partial charge in [0.2, 0.25) is 0 Å². The van der Waals surface area contributed by atoms with Gasteiger partial charge in [-0.2, -0.15) is 0 Å². The summed E-state index contributed by atoms with van der Waals surface area (Å²) < 4.78 is 5.28. The van der Waals surface area contributed by atoms with Crippen molar-refractivity contribution in [2.75, 3.05) is 7.11 Å². The van der Waals surface area contributed by atoms with Gasteiger partial charge in [-0.1, -0.05) is 0 Å². The lowest BCUT2D eigenvalue weighted by Crippen LogP contribution is -1.95. The first-order chi connectivity index (χ1) is 7.95. The van der Waals surface area contributed by atoms with Gasteiger partial charge < -0.3 is 9.84 Å². The Hall–Kier alpha value is -1.89. The van der Waals surface area contributed by atoms with E-state index >= 15 is 0 Å². The molecule has 1 N–H and O–H groups in total. The average Bonchev–Trinajstić information content (AvgIpc) is 2.25. The lowest BCUT2D eigenvalue weighted by Gasteiger charge is -2.04. The van der Waals surface area contributed by atoms with Gasteiger partial charge in [-0.3, -0.25) is 10.1 Å². The lowest BCUT2D eigenvalue weighted by molar-refractivity contribution is -0.385. The Morgan fingerprint density at radius 3 is 2.71 bits per heavy atom. The Morgan fingerprint density at radius 1 is 1.59 bits per heavy atom. The lowest BCUT2D eigenvalue weighted by atomic mass is 10.1. The SMILES string of the molecule is COc1cc(Br)c(/C=C/C(=O)O)c([N+](=O)[O-])c1.